The maximum absolute atomic E-state index is 13.8. The van der Waals surface area contributed by atoms with E-state index in [1.807, 2.05) is 12.2 Å². The average molecular weight is 654 g/mol. The summed E-state index contributed by atoms with van der Waals surface area (Å²) in [5, 5.41) is 5.50. The van der Waals surface area contributed by atoms with Crippen molar-refractivity contribution in [2.45, 2.75) is 121 Å². The highest BCUT2D eigenvalue weighted by atomic mass is 32.2. The summed E-state index contributed by atoms with van der Waals surface area (Å²) in [7, 11) is -3.27. The highest BCUT2D eigenvalue weighted by Gasteiger charge is 2.61. The average Bonchev–Trinajstić information content (AvgIpc) is 3.43. The second-order valence-electron chi connectivity index (χ2n) is 13.3. The summed E-state index contributed by atoms with van der Waals surface area (Å²) in [4.78, 5) is 67.6. The van der Waals surface area contributed by atoms with Crippen molar-refractivity contribution in [3.8, 4) is 0 Å². The number of amides is 4. The monoisotopic (exact) mass is 653 g/mol. The molecule has 0 bridgehead atoms. The summed E-state index contributed by atoms with van der Waals surface area (Å²) >= 11 is 0. The minimum atomic E-state index is -4.45. The van der Waals surface area contributed by atoms with Gasteiger partial charge in [-0.25, -0.2) is 9.52 Å². The van der Waals surface area contributed by atoms with E-state index in [2.05, 4.69) is 15.4 Å². The van der Waals surface area contributed by atoms with Gasteiger partial charge in [0.25, 0.3) is 5.91 Å². The van der Waals surface area contributed by atoms with E-state index in [4.69, 9.17) is 9.47 Å². The molecule has 0 radical (unpaired) electrons. The fourth-order valence-electron chi connectivity index (χ4n) is 6.37. The first-order chi connectivity index (χ1) is 21.2. The minimum absolute atomic E-state index is 0.0444. The second-order valence-corrected chi connectivity index (χ2v) is 14.9. The van der Waals surface area contributed by atoms with Crippen molar-refractivity contribution < 1.29 is 41.9 Å². The van der Waals surface area contributed by atoms with Crippen molar-refractivity contribution in [2.24, 2.45) is 5.92 Å². The Morgan fingerprint density at radius 2 is 1.73 bits per heavy atom. The highest BCUT2D eigenvalue weighted by molar-refractivity contribution is 7.87. The van der Waals surface area contributed by atoms with Crippen LogP contribution in [0.1, 0.15) is 91.4 Å². The van der Waals surface area contributed by atoms with Crippen molar-refractivity contribution in [2.75, 3.05) is 20.2 Å². The molecule has 4 amide bonds. The quantitative estimate of drug-likeness (QED) is 0.294. The predicted molar refractivity (Wildman–Crippen MR) is 163 cm³/mol. The number of nitrogens with zero attached hydrogens (tertiary/aromatic N) is 2. The number of hydrogen-bond donors (Lipinski definition) is 3. The van der Waals surface area contributed by atoms with Gasteiger partial charge in [-0.1, -0.05) is 25.0 Å². The first-order valence-electron chi connectivity index (χ1n) is 15.9. The van der Waals surface area contributed by atoms with Crippen LogP contribution in [0, 0.1) is 5.92 Å². The molecule has 0 spiro atoms. The molecule has 0 aromatic rings. The molecule has 0 aromatic heterocycles. The number of allylic oxidation sites excluding steroid dienone is 1. The van der Waals surface area contributed by atoms with Crippen LogP contribution >= 0.6 is 0 Å². The zero-order valence-electron chi connectivity index (χ0n) is 26.6. The molecule has 5 atom stereocenters. The van der Waals surface area contributed by atoms with Gasteiger partial charge >= 0.3 is 22.3 Å². The minimum Gasteiger partial charge on any atom is -0.468 e. The van der Waals surface area contributed by atoms with Crippen LogP contribution < -0.4 is 15.4 Å². The Balaban J connectivity index is 1.55. The van der Waals surface area contributed by atoms with E-state index in [1.165, 1.54) is 12.0 Å². The van der Waals surface area contributed by atoms with E-state index in [0.717, 1.165) is 17.1 Å². The number of piperidine rings is 1. The number of carbonyl (C=O) groups is 5. The molecule has 3 heterocycles. The lowest BCUT2D eigenvalue weighted by Gasteiger charge is -2.33. The van der Waals surface area contributed by atoms with E-state index >= 15 is 0 Å². The fraction of sp³-hybridized carbons (Fsp3) is 0.767. The molecule has 252 valence electrons. The molecule has 0 aromatic carbocycles. The van der Waals surface area contributed by atoms with Crippen LogP contribution in [0.15, 0.2) is 12.2 Å². The third-order valence-electron chi connectivity index (χ3n) is 8.78. The third kappa shape index (κ3) is 8.34. The second kappa shape index (κ2) is 14.1. The molecule has 3 aliphatic heterocycles. The number of ether oxygens (including phenoxy) is 2. The smallest absolute Gasteiger partial charge is 0.408 e. The third-order valence-corrected chi connectivity index (χ3v) is 10.3. The van der Waals surface area contributed by atoms with Gasteiger partial charge in [-0.2, -0.15) is 12.7 Å². The van der Waals surface area contributed by atoms with Gasteiger partial charge in [-0.3, -0.25) is 19.2 Å². The van der Waals surface area contributed by atoms with Crippen LogP contribution in [0.2, 0.25) is 0 Å². The van der Waals surface area contributed by atoms with Gasteiger partial charge in [0.1, 0.15) is 29.3 Å². The van der Waals surface area contributed by atoms with Gasteiger partial charge in [0.15, 0.2) is 0 Å². The standard InChI is InChI=1S/C30H47N5O9S/c1-29(2,3)44-28(40)31-21-14-9-7-5-6-8-13-20-19-30(20,32-24(36)22-16-12-17-34(22)25(21)37)27(39)33-45(41,42)35-18-11-10-15-23(35)26(38)43-4/h8,13,20-23H,5-7,9-12,14-19H2,1-4H3,(H,31,40)(H,32,36)(H,33,39)/b13-8-/t20-,21?,22-,23?,30+/m0/s1. The molecular weight excluding hydrogens is 606 g/mol. The summed E-state index contributed by atoms with van der Waals surface area (Å²) in [5.74, 6) is -3.03. The molecular formula is C30H47N5O9S. The van der Waals surface area contributed by atoms with E-state index in [9.17, 15) is 32.4 Å². The van der Waals surface area contributed by atoms with Crippen LogP contribution in [0.4, 0.5) is 4.79 Å². The fourth-order valence-corrected chi connectivity index (χ4v) is 7.80. The van der Waals surface area contributed by atoms with Crippen molar-refractivity contribution in [3.63, 3.8) is 0 Å². The molecule has 2 unspecified atom stereocenters. The lowest BCUT2D eigenvalue weighted by Crippen LogP contribution is -2.60. The molecule has 14 nitrogen and oxygen atoms in total. The van der Waals surface area contributed by atoms with Gasteiger partial charge in [0.2, 0.25) is 11.8 Å². The number of methoxy groups -OCH3 is 1. The van der Waals surface area contributed by atoms with Gasteiger partial charge in [-0.05, 0) is 78.6 Å². The predicted octanol–water partition coefficient (Wildman–Crippen LogP) is 1.65. The van der Waals surface area contributed by atoms with Crippen LogP contribution in [-0.2, 0) is 38.9 Å². The highest BCUT2D eigenvalue weighted by Crippen LogP contribution is 2.46. The summed E-state index contributed by atoms with van der Waals surface area (Å²) in [5.41, 5.74) is -2.30. The first-order valence-corrected chi connectivity index (χ1v) is 17.3. The molecule has 1 saturated carbocycles. The number of alkyl carbamates (subject to hydrolysis) is 1. The van der Waals surface area contributed by atoms with Crippen molar-refractivity contribution in [1.29, 1.82) is 0 Å². The van der Waals surface area contributed by atoms with Crippen LogP contribution in [0.3, 0.4) is 0 Å². The topological polar surface area (TPSA) is 181 Å². The molecule has 45 heavy (non-hydrogen) atoms. The number of hydrogen-bond acceptors (Lipinski definition) is 9. The van der Waals surface area contributed by atoms with Crippen molar-refractivity contribution in [3.05, 3.63) is 12.2 Å². The summed E-state index contributed by atoms with van der Waals surface area (Å²) in [6.45, 7) is 5.52. The Bertz CT molecular complexity index is 1300. The van der Waals surface area contributed by atoms with Crippen LogP contribution in [0.5, 0.6) is 0 Å². The van der Waals surface area contributed by atoms with E-state index in [-0.39, 0.29) is 19.4 Å². The molecule has 15 heteroatoms. The number of fused-ring (bicyclic) bond motifs is 2. The zero-order valence-corrected chi connectivity index (χ0v) is 27.4. The van der Waals surface area contributed by atoms with Gasteiger partial charge < -0.3 is 25.0 Å². The van der Waals surface area contributed by atoms with Crippen molar-refractivity contribution >= 4 is 40.0 Å². The Kier molecular flexibility index (Phi) is 10.8. The lowest BCUT2D eigenvalue weighted by molar-refractivity contribution is -0.146. The molecule has 4 rings (SSSR count). The number of rotatable bonds is 5. The summed E-state index contributed by atoms with van der Waals surface area (Å²) < 4.78 is 40.1. The SMILES string of the molecule is COC(=O)C1CCCCN1S(=O)(=O)NC(=O)[C@@]12C[C@@H]1/C=C\CCCCCC(NC(=O)OC(C)(C)C)C(=O)N1CCC[C@H]1C(=O)N2. The Morgan fingerprint density at radius 3 is 2.44 bits per heavy atom. The maximum Gasteiger partial charge on any atom is 0.408 e. The molecule has 3 N–H and O–H groups in total. The summed E-state index contributed by atoms with van der Waals surface area (Å²) in [6, 6.07) is -2.84. The lowest BCUT2D eigenvalue weighted by atomic mass is 10.0. The van der Waals surface area contributed by atoms with Gasteiger partial charge in [0, 0.05) is 19.0 Å². The first kappa shape index (κ1) is 34.7. The van der Waals surface area contributed by atoms with Crippen LogP contribution in [-0.4, -0.2) is 96.9 Å². The normalized spacial score (nSPS) is 30.8. The molecule has 3 fully saturated rings. The van der Waals surface area contributed by atoms with Gasteiger partial charge in [0.05, 0.1) is 7.11 Å². The van der Waals surface area contributed by atoms with Crippen LogP contribution in [0.25, 0.3) is 0 Å². The number of nitrogens with one attached hydrogen (secondary N) is 3. The van der Waals surface area contributed by atoms with E-state index in [0.29, 0.717) is 51.5 Å². The van der Waals surface area contributed by atoms with Crippen molar-refractivity contribution in [1.82, 2.24) is 24.6 Å². The zero-order chi connectivity index (χ0) is 33.0. The van der Waals surface area contributed by atoms with E-state index in [1.54, 1.807) is 20.8 Å². The molecule has 4 aliphatic rings. The maximum atomic E-state index is 13.8. The Hall–Kier alpha value is -3.20. The Labute approximate surface area is 265 Å². The molecule has 2 saturated heterocycles. The Morgan fingerprint density at radius 1 is 1.00 bits per heavy atom. The summed E-state index contributed by atoms with van der Waals surface area (Å²) in [6.07, 6.45) is 8.84. The largest absolute Gasteiger partial charge is 0.468 e. The molecule has 1 aliphatic carbocycles. The van der Waals surface area contributed by atoms with Gasteiger partial charge in [-0.15, -0.1) is 0 Å². The number of esters is 1. The number of carbonyl (C=O) groups excluding carboxylic acids is 5. The van der Waals surface area contributed by atoms with E-state index < -0.39 is 75.2 Å².